The molecule has 0 radical (unpaired) electrons. The van der Waals surface area contributed by atoms with E-state index in [1.54, 1.807) is 6.26 Å². The Morgan fingerprint density at radius 2 is 2.47 bits per heavy atom. The van der Waals surface area contributed by atoms with Crippen molar-refractivity contribution in [2.45, 2.75) is 19.3 Å². The van der Waals surface area contributed by atoms with Crippen LogP contribution < -0.4 is 5.32 Å². The van der Waals surface area contributed by atoms with Crippen molar-refractivity contribution in [3.05, 3.63) is 35.4 Å². The Balaban J connectivity index is 2.43. The molecule has 4 heteroatoms. The fourth-order valence-corrected chi connectivity index (χ4v) is 2.09. The highest BCUT2D eigenvalue weighted by Gasteiger charge is 2.27. The molecule has 0 saturated carbocycles. The van der Waals surface area contributed by atoms with Gasteiger partial charge in [0, 0.05) is 12.1 Å². The van der Waals surface area contributed by atoms with Gasteiger partial charge in [0.05, 0.1) is 28.8 Å². The lowest BCUT2D eigenvalue weighted by Crippen LogP contribution is -2.29. The molecular weight excluding hydrogens is 208 g/mol. The molecule has 2 rings (SSSR count). The Labute approximate surface area is 93.4 Å². The van der Waals surface area contributed by atoms with E-state index in [0.29, 0.717) is 12.0 Å². The van der Waals surface area contributed by atoms with Gasteiger partial charge in [-0.3, -0.25) is 0 Å². The van der Waals surface area contributed by atoms with Crippen LogP contribution in [0.3, 0.4) is 0 Å². The average molecular weight is 218 g/mol. The molecule has 0 fully saturated rings. The maximum Gasteiger partial charge on any atom is 0.112 e. The van der Waals surface area contributed by atoms with Crippen molar-refractivity contribution in [1.82, 2.24) is 5.32 Å². The minimum Gasteiger partial charge on any atom is -0.469 e. The van der Waals surface area contributed by atoms with Gasteiger partial charge in [0.1, 0.15) is 5.76 Å². The first-order valence-electron chi connectivity index (χ1n) is 4.66. The second-order valence-corrected chi connectivity index (χ2v) is 3.96. The highest BCUT2D eigenvalue weighted by Crippen LogP contribution is 2.32. The molecule has 1 unspecified atom stereocenters. The molecule has 3 nitrogen and oxygen atoms in total. The molecule has 76 valence electrons. The van der Waals surface area contributed by atoms with E-state index in [4.69, 9.17) is 21.9 Å². The van der Waals surface area contributed by atoms with Crippen LogP contribution in [0.1, 0.15) is 25.0 Å². The Bertz CT molecular complexity index is 453. The summed E-state index contributed by atoms with van der Waals surface area (Å²) in [6, 6.07) is 5.91. The second-order valence-electron chi connectivity index (χ2n) is 3.47. The zero-order chi connectivity index (χ0) is 10.8. The van der Waals surface area contributed by atoms with E-state index in [1.165, 1.54) is 0 Å². The predicted octanol–water partition coefficient (Wildman–Crippen LogP) is 2.48. The van der Waals surface area contributed by atoms with E-state index in [2.05, 4.69) is 11.4 Å². The van der Waals surface area contributed by atoms with Crippen LogP contribution in [0.5, 0.6) is 0 Å². The fourth-order valence-electron chi connectivity index (χ4n) is 1.77. The van der Waals surface area contributed by atoms with Gasteiger partial charge < -0.3 is 9.73 Å². The number of allylic oxidation sites excluding steroid dienone is 2. The number of hydrogen-bond acceptors (Lipinski definition) is 3. The van der Waals surface area contributed by atoms with E-state index in [1.807, 2.05) is 19.1 Å². The Hall–Kier alpha value is -1.60. The maximum atomic E-state index is 9.08. The van der Waals surface area contributed by atoms with Crippen molar-refractivity contribution < 1.29 is 4.42 Å². The van der Waals surface area contributed by atoms with Crippen LogP contribution >= 0.6 is 12.2 Å². The van der Waals surface area contributed by atoms with Gasteiger partial charge in [-0.2, -0.15) is 5.26 Å². The molecule has 1 aromatic heterocycles. The van der Waals surface area contributed by atoms with Gasteiger partial charge in [0.2, 0.25) is 0 Å². The van der Waals surface area contributed by atoms with Crippen LogP contribution in [0.2, 0.25) is 0 Å². The van der Waals surface area contributed by atoms with Crippen molar-refractivity contribution in [3.8, 4) is 6.07 Å². The van der Waals surface area contributed by atoms with Crippen LogP contribution in [-0.4, -0.2) is 4.99 Å². The summed E-state index contributed by atoms with van der Waals surface area (Å²) in [5, 5.41) is 12.1. The zero-order valence-electron chi connectivity index (χ0n) is 8.28. The molecule has 15 heavy (non-hydrogen) atoms. The predicted molar refractivity (Wildman–Crippen MR) is 60.1 cm³/mol. The van der Waals surface area contributed by atoms with E-state index in [-0.39, 0.29) is 5.92 Å². The van der Waals surface area contributed by atoms with Gasteiger partial charge in [-0.15, -0.1) is 0 Å². The Morgan fingerprint density at radius 3 is 3.07 bits per heavy atom. The number of rotatable bonds is 1. The van der Waals surface area contributed by atoms with Crippen LogP contribution in [0, 0.1) is 11.3 Å². The fraction of sp³-hybridized carbons (Fsp3) is 0.273. The topological polar surface area (TPSA) is 49.0 Å². The normalized spacial score (nSPS) is 21.1. The number of furan rings is 1. The standard InChI is InChI=1S/C11H10N2OS/c1-7-9(6-12)8(5-11(15)13-7)10-3-2-4-14-10/h2-4,8H,5H2,1H3,(H,13,15). The molecule has 0 bridgehead atoms. The van der Waals surface area contributed by atoms with Gasteiger partial charge in [0.15, 0.2) is 0 Å². The summed E-state index contributed by atoms with van der Waals surface area (Å²) in [6.07, 6.45) is 2.26. The lowest BCUT2D eigenvalue weighted by atomic mass is 9.90. The molecule has 1 N–H and O–H groups in total. The van der Waals surface area contributed by atoms with Gasteiger partial charge in [0.25, 0.3) is 0 Å². The summed E-state index contributed by atoms with van der Waals surface area (Å²) in [5.41, 5.74) is 1.54. The molecule has 1 aromatic rings. The molecule has 0 aromatic carbocycles. The summed E-state index contributed by atoms with van der Waals surface area (Å²) < 4.78 is 5.33. The highest BCUT2D eigenvalue weighted by atomic mass is 32.1. The Morgan fingerprint density at radius 1 is 1.67 bits per heavy atom. The maximum absolute atomic E-state index is 9.08. The molecule has 1 aliphatic heterocycles. The molecule has 2 heterocycles. The summed E-state index contributed by atoms with van der Waals surface area (Å²) in [6.45, 7) is 1.86. The molecule has 0 amide bonds. The third-order valence-electron chi connectivity index (χ3n) is 2.48. The Kier molecular flexibility index (Phi) is 2.57. The molecule has 0 aliphatic carbocycles. The highest BCUT2D eigenvalue weighted by molar-refractivity contribution is 7.80. The summed E-state index contributed by atoms with van der Waals surface area (Å²) >= 11 is 5.14. The van der Waals surface area contributed by atoms with Crippen molar-refractivity contribution in [3.63, 3.8) is 0 Å². The first-order chi connectivity index (χ1) is 7.22. The molecule has 0 spiro atoms. The van der Waals surface area contributed by atoms with E-state index in [0.717, 1.165) is 16.4 Å². The monoisotopic (exact) mass is 218 g/mol. The number of nitriles is 1. The van der Waals surface area contributed by atoms with Crippen molar-refractivity contribution >= 4 is 17.2 Å². The van der Waals surface area contributed by atoms with Gasteiger partial charge in [-0.25, -0.2) is 0 Å². The SMILES string of the molecule is CC1=C(C#N)C(c2ccco2)CC(=S)N1. The second kappa shape index (κ2) is 3.87. The number of thiocarbonyl (C=S) groups is 1. The van der Waals surface area contributed by atoms with E-state index in [9.17, 15) is 0 Å². The van der Waals surface area contributed by atoms with E-state index < -0.39 is 0 Å². The van der Waals surface area contributed by atoms with Crippen LogP contribution in [0.25, 0.3) is 0 Å². The summed E-state index contributed by atoms with van der Waals surface area (Å²) in [7, 11) is 0. The number of nitrogens with zero attached hydrogens (tertiary/aromatic N) is 1. The van der Waals surface area contributed by atoms with E-state index >= 15 is 0 Å². The minimum atomic E-state index is -0.0289. The lowest BCUT2D eigenvalue weighted by molar-refractivity contribution is 0.485. The molecule has 1 aliphatic rings. The van der Waals surface area contributed by atoms with Gasteiger partial charge in [-0.05, 0) is 19.1 Å². The van der Waals surface area contributed by atoms with Crippen molar-refractivity contribution in [2.75, 3.05) is 0 Å². The van der Waals surface area contributed by atoms with Crippen LogP contribution in [-0.2, 0) is 0 Å². The molecule has 0 saturated heterocycles. The van der Waals surface area contributed by atoms with Crippen LogP contribution in [0.15, 0.2) is 34.1 Å². The third-order valence-corrected chi connectivity index (χ3v) is 2.74. The largest absolute Gasteiger partial charge is 0.469 e. The minimum absolute atomic E-state index is 0.0289. The molecular formula is C11H10N2OS. The lowest BCUT2D eigenvalue weighted by Gasteiger charge is -2.23. The molecule has 1 atom stereocenters. The smallest absolute Gasteiger partial charge is 0.112 e. The first kappa shape index (κ1) is 9.94. The van der Waals surface area contributed by atoms with Crippen molar-refractivity contribution in [1.29, 1.82) is 5.26 Å². The zero-order valence-corrected chi connectivity index (χ0v) is 9.10. The summed E-state index contributed by atoms with van der Waals surface area (Å²) in [4.78, 5) is 0.757. The average Bonchev–Trinajstić information content (AvgIpc) is 2.69. The first-order valence-corrected chi connectivity index (χ1v) is 5.07. The van der Waals surface area contributed by atoms with Crippen molar-refractivity contribution in [2.24, 2.45) is 0 Å². The number of nitrogens with one attached hydrogen (secondary N) is 1. The van der Waals surface area contributed by atoms with Gasteiger partial charge in [-0.1, -0.05) is 12.2 Å². The third kappa shape index (κ3) is 1.79. The summed E-state index contributed by atoms with van der Waals surface area (Å²) in [5.74, 6) is 0.772. The quantitative estimate of drug-likeness (QED) is 0.736. The number of hydrogen-bond donors (Lipinski definition) is 1. The van der Waals surface area contributed by atoms with Gasteiger partial charge >= 0.3 is 0 Å². The van der Waals surface area contributed by atoms with Crippen LogP contribution in [0.4, 0.5) is 0 Å².